The minimum absolute atomic E-state index is 0.117. The minimum atomic E-state index is -0.531. The van der Waals surface area contributed by atoms with E-state index in [1.807, 2.05) is 37.8 Å². The molecule has 0 saturated heterocycles. The van der Waals surface area contributed by atoms with Crippen LogP contribution in [0.1, 0.15) is 18.1 Å². The number of nitrogens with one attached hydrogen (secondary N) is 1. The standard InChI is InChI=1S/C18H20ClN3O3/c1-4-21(17-8-5-12(2)9-13(17)3)11-18(23)20-16-7-6-14(22(24)25)10-15(16)19/h5-10H,4,11H2,1-3H3,(H,20,23). The van der Waals surface area contributed by atoms with Crippen molar-refractivity contribution in [3.05, 3.63) is 62.7 Å². The molecule has 7 heteroatoms. The molecule has 1 amide bonds. The lowest BCUT2D eigenvalue weighted by Gasteiger charge is -2.24. The zero-order valence-corrected chi connectivity index (χ0v) is 15.1. The molecule has 25 heavy (non-hydrogen) atoms. The van der Waals surface area contributed by atoms with Crippen molar-refractivity contribution in [3.63, 3.8) is 0 Å². The third-order valence-corrected chi connectivity index (χ3v) is 4.16. The maximum Gasteiger partial charge on any atom is 0.271 e. The SMILES string of the molecule is CCN(CC(=O)Nc1ccc([N+](=O)[O-])cc1Cl)c1ccc(C)cc1C. The predicted octanol–water partition coefficient (Wildman–Crippen LogP) is 4.33. The summed E-state index contributed by atoms with van der Waals surface area (Å²) in [6.07, 6.45) is 0. The Labute approximate surface area is 151 Å². The number of nitro benzene ring substituents is 1. The molecule has 0 spiro atoms. The Morgan fingerprint density at radius 1 is 1.24 bits per heavy atom. The number of hydrogen-bond acceptors (Lipinski definition) is 4. The molecule has 0 aromatic heterocycles. The molecule has 132 valence electrons. The lowest BCUT2D eigenvalue weighted by Crippen LogP contribution is -2.33. The topological polar surface area (TPSA) is 75.5 Å². The Balaban J connectivity index is 2.11. The number of carbonyl (C=O) groups is 1. The minimum Gasteiger partial charge on any atom is -0.362 e. The molecule has 0 atom stereocenters. The van der Waals surface area contributed by atoms with E-state index in [0.717, 1.165) is 11.3 Å². The van der Waals surface area contributed by atoms with Crippen LogP contribution in [0.15, 0.2) is 36.4 Å². The summed E-state index contributed by atoms with van der Waals surface area (Å²) < 4.78 is 0. The molecular formula is C18H20ClN3O3. The highest BCUT2D eigenvalue weighted by Crippen LogP contribution is 2.27. The van der Waals surface area contributed by atoms with Crippen LogP contribution in [0.3, 0.4) is 0 Å². The Hall–Kier alpha value is -2.60. The van der Waals surface area contributed by atoms with Crippen LogP contribution in [0.4, 0.5) is 17.1 Å². The summed E-state index contributed by atoms with van der Waals surface area (Å²) in [5.41, 5.74) is 3.50. The molecule has 0 saturated carbocycles. The van der Waals surface area contributed by atoms with Gasteiger partial charge in [0, 0.05) is 24.4 Å². The molecule has 2 aromatic rings. The van der Waals surface area contributed by atoms with Gasteiger partial charge in [0.1, 0.15) is 0 Å². The van der Waals surface area contributed by atoms with Crippen molar-refractivity contribution in [1.29, 1.82) is 0 Å². The van der Waals surface area contributed by atoms with Gasteiger partial charge in [0.25, 0.3) is 5.69 Å². The van der Waals surface area contributed by atoms with Crippen LogP contribution in [0.5, 0.6) is 0 Å². The van der Waals surface area contributed by atoms with Crippen molar-refractivity contribution >= 4 is 34.6 Å². The number of carbonyl (C=O) groups excluding carboxylic acids is 1. The zero-order chi connectivity index (χ0) is 18.6. The molecule has 2 aromatic carbocycles. The first-order valence-corrected chi connectivity index (χ1v) is 8.25. The summed E-state index contributed by atoms with van der Waals surface area (Å²) in [4.78, 5) is 24.5. The first-order chi connectivity index (χ1) is 11.8. The first kappa shape index (κ1) is 18.7. The summed E-state index contributed by atoms with van der Waals surface area (Å²) in [6, 6.07) is 10.0. The van der Waals surface area contributed by atoms with E-state index in [-0.39, 0.29) is 23.2 Å². The summed E-state index contributed by atoms with van der Waals surface area (Å²) in [5.74, 6) is -0.238. The summed E-state index contributed by atoms with van der Waals surface area (Å²) in [7, 11) is 0. The Morgan fingerprint density at radius 3 is 2.52 bits per heavy atom. The number of rotatable bonds is 6. The number of likely N-dealkylation sites (N-methyl/N-ethyl adjacent to an activating group) is 1. The molecule has 0 radical (unpaired) electrons. The van der Waals surface area contributed by atoms with E-state index < -0.39 is 4.92 Å². The van der Waals surface area contributed by atoms with Gasteiger partial charge in [-0.1, -0.05) is 29.3 Å². The average molecular weight is 362 g/mol. The quantitative estimate of drug-likeness (QED) is 0.613. The van der Waals surface area contributed by atoms with Crippen molar-refractivity contribution < 1.29 is 9.72 Å². The second kappa shape index (κ2) is 7.98. The van der Waals surface area contributed by atoms with Crippen LogP contribution in [-0.4, -0.2) is 23.9 Å². The highest BCUT2D eigenvalue weighted by atomic mass is 35.5. The second-order valence-electron chi connectivity index (χ2n) is 5.77. The smallest absolute Gasteiger partial charge is 0.271 e. The van der Waals surface area contributed by atoms with Crippen molar-refractivity contribution in [2.24, 2.45) is 0 Å². The number of amides is 1. The molecule has 0 unspecified atom stereocenters. The highest BCUT2D eigenvalue weighted by molar-refractivity contribution is 6.34. The van der Waals surface area contributed by atoms with Crippen molar-refractivity contribution in [3.8, 4) is 0 Å². The fraction of sp³-hybridized carbons (Fsp3) is 0.278. The third kappa shape index (κ3) is 4.70. The number of non-ortho nitro benzene ring substituents is 1. The summed E-state index contributed by atoms with van der Waals surface area (Å²) in [6.45, 7) is 6.84. The monoisotopic (exact) mass is 361 g/mol. The first-order valence-electron chi connectivity index (χ1n) is 7.87. The number of aryl methyl sites for hydroxylation is 2. The number of halogens is 1. The Morgan fingerprint density at radius 2 is 1.96 bits per heavy atom. The van der Waals surface area contributed by atoms with Gasteiger partial charge in [-0.05, 0) is 38.5 Å². The molecular weight excluding hydrogens is 342 g/mol. The van der Waals surface area contributed by atoms with Crippen LogP contribution < -0.4 is 10.2 Å². The molecule has 6 nitrogen and oxygen atoms in total. The van der Waals surface area contributed by atoms with Crippen LogP contribution in [-0.2, 0) is 4.79 Å². The van der Waals surface area contributed by atoms with E-state index in [9.17, 15) is 14.9 Å². The molecule has 0 fully saturated rings. The van der Waals surface area contributed by atoms with Crippen LogP contribution in [0.2, 0.25) is 5.02 Å². The fourth-order valence-corrected chi connectivity index (χ4v) is 2.83. The van der Waals surface area contributed by atoms with Gasteiger partial charge in [0.05, 0.1) is 22.2 Å². The van der Waals surface area contributed by atoms with Gasteiger partial charge in [-0.25, -0.2) is 0 Å². The van der Waals surface area contributed by atoms with Gasteiger partial charge >= 0.3 is 0 Å². The lowest BCUT2D eigenvalue weighted by molar-refractivity contribution is -0.384. The summed E-state index contributed by atoms with van der Waals surface area (Å²) >= 11 is 6.01. The van der Waals surface area contributed by atoms with Crippen molar-refractivity contribution in [2.75, 3.05) is 23.3 Å². The number of nitrogens with zero attached hydrogens (tertiary/aromatic N) is 2. The zero-order valence-electron chi connectivity index (χ0n) is 14.4. The van der Waals surface area contributed by atoms with E-state index in [1.165, 1.54) is 23.8 Å². The number of anilines is 2. The fourth-order valence-electron chi connectivity index (χ4n) is 2.61. The van der Waals surface area contributed by atoms with Crippen molar-refractivity contribution in [1.82, 2.24) is 0 Å². The van der Waals surface area contributed by atoms with E-state index in [0.29, 0.717) is 12.2 Å². The average Bonchev–Trinajstić information content (AvgIpc) is 2.55. The van der Waals surface area contributed by atoms with E-state index >= 15 is 0 Å². The van der Waals surface area contributed by atoms with Crippen LogP contribution in [0.25, 0.3) is 0 Å². The van der Waals surface area contributed by atoms with E-state index in [4.69, 9.17) is 11.6 Å². The van der Waals surface area contributed by atoms with Gasteiger partial charge in [-0.2, -0.15) is 0 Å². The molecule has 0 heterocycles. The van der Waals surface area contributed by atoms with Gasteiger partial charge in [-0.3, -0.25) is 14.9 Å². The highest BCUT2D eigenvalue weighted by Gasteiger charge is 2.15. The van der Waals surface area contributed by atoms with Gasteiger partial charge in [0.15, 0.2) is 0 Å². The lowest BCUT2D eigenvalue weighted by atomic mass is 10.1. The molecule has 1 N–H and O–H groups in total. The Kier molecular flexibility index (Phi) is 5.98. The maximum absolute atomic E-state index is 12.4. The molecule has 0 bridgehead atoms. The largest absolute Gasteiger partial charge is 0.362 e. The van der Waals surface area contributed by atoms with Crippen LogP contribution >= 0.6 is 11.6 Å². The number of benzene rings is 2. The van der Waals surface area contributed by atoms with Gasteiger partial charge < -0.3 is 10.2 Å². The maximum atomic E-state index is 12.4. The summed E-state index contributed by atoms with van der Waals surface area (Å²) in [5, 5.41) is 13.6. The third-order valence-electron chi connectivity index (χ3n) is 3.85. The van der Waals surface area contributed by atoms with Gasteiger partial charge in [-0.15, -0.1) is 0 Å². The molecule has 2 rings (SSSR count). The van der Waals surface area contributed by atoms with Crippen molar-refractivity contribution in [2.45, 2.75) is 20.8 Å². The van der Waals surface area contributed by atoms with Crippen LogP contribution in [0, 0.1) is 24.0 Å². The Bertz CT molecular complexity index is 808. The normalized spacial score (nSPS) is 10.4. The number of nitro groups is 1. The second-order valence-corrected chi connectivity index (χ2v) is 6.18. The molecule has 0 aliphatic carbocycles. The van der Waals surface area contributed by atoms with Gasteiger partial charge in [0.2, 0.25) is 5.91 Å². The molecule has 0 aliphatic rings. The number of hydrogen-bond donors (Lipinski definition) is 1. The molecule has 0 aliphatic heterocycles. The van der Waals surface area contributed by atoms with E-state index in [1.54, 1.807) is 0 Å². The van der Waals surface area contributed by atoms with E-state index in [2.05, 4.69) is 11.4 Å². The predicted molar refractivity (Wildman–Crippen MR) is 101 cm³/mol.